The molecule has 1 aromatic rings. The molecule has 0 aromatic carbocycles. The zero-order valence-electron chi connectivity index (χ0n) is 10.3. The maximum atomic E-state index is 4.40. The van der Waals surface area contributed by atoms with Crippen molar-refractivity contribution in [3.8, 4) is 0 Å². The van der Waals surface area contributed by atoms with E-state index in [9.17, 15) is 0 Å². The minimum absolute atomic E-state index is 0.262. The molecule has 0 amide bonds. The van der Waals surface area contributed by atoms with Gasteiger partial charge in [0.2, 0.25) is 0 Å². The lowest BCUT2D eigenvalue weighted by molar-refractivity contribution is 0.0778. The number of likely N-dealkylation sites (tertiary alicyclic amines) is 1. The number of halogens is 1. The third-order valence-corrected chi connectivity index (χ3v) is 3.94. The molecule has 2 heterocycles. The fourth-order valence-corrected chi connectivity index (χ4v) is 2.83. The lowest BCUT2D eigenvalue weighted by Crippen LogP contribution is -2.47. The molecule has 3 nitrogen and oxygen atoms in total. The maximum absolute atomic E-state index is 4.40. The van der Waals surface area contributed by atoms with Gasteiger partial charge in [0.25, 0.3) is 0 Å². The van der Waals surface area contributed by atoms with Crippen LogP contribution in [0, 0.1) is 0 Å². The molecule has 0 spiro atoms. The first kappa shape index (κ1) is 12.1. The highest BCUT2D eigenvalue weighted by Crippen LogP contribution is 2.28. The number of nitrogens with zero attached hydrogens (tertiary/aromatic N) is 3. The van der Waals surface area contributed by atoms with E-state index < -0.39 is 0 Å². The third-order valence-electron chi connectivity index (χ3n) is 3.31. The average molecular weight is 286 g/mol. The molecule has 1 aromatic heterocycles. The third kappa shape index (κ3) is 2.48. The van der Waals surface area contributed by atoms with Crippen molar-refractivity contribution < 1.29 is 0 Å². The molecular weight excluding hydrogens is 266 g/mol. The molecular formula is C12H20BrN3. The van der Waals surface area contributed by atoms with Crippen LogP contribution < -0.4 is 0 Å². The Morgan fingerprint density at radius 3 is 2.75 bits per heavy atom. The van der Waals surface area contributed by atoms with E-state index in [1.165, 1.54) is 19.4 Å². The number of piperidine rings is 1. The Kier molecular flexibility index (Phi) is 3.40. The Balaban J connectivity index is 2.11. The van der Waals surface area contributed by atoms with Crippen LogP contribution in [0.3, 0.4) is 0 Å². The Hall–Kier alpha value is -0.350. The highest BCUT2D eigenvalue weighted by molar-refractivity contribution is 9.10. The average Bonchev–Trinajstić information content (AvgIpc) is 2.63. The Bertz CT molecular complexity index is 353. The van der Waals surface area contributed by atoms with E-state index >= 15 is 0 Å². The summed E-state index contributed by atoms with van der Waals surface area (Å²) >= 11 is 3.55. The standard InChI is InChI=1S/C12H20BrN3/c1-12(2,3)15-8-4-5-10(9-15)16-11(13)6-7-14-16/h6-7,10H,4-5,8-9H2,1-3H3. The number of aromatic nitrogens is 2. The molecule has 1 atom stereocenters. The minimum Gasteiger partial charge on any atom is -0.296 e. The van der Waals surface area contributed by atoms with Crippen LogP contribution in [0.15, 0.2) is 16.9 Å². The van der Waals surface area contributed by atoms with Crippen molar-refractivity contribution in [1.82, 2.24) is 14.7 Å². The summed E-state index contributed by atoms with van der Waals surface area (Å²) in [5.74, 6) is 0. The van der Waals surface area contributed by atoms with E-state index in [2.05, 4.69) is 51.4 Å². The van der Waals surface area contributed by atoms with E-state index in [0.717, 1.165) is 11.1 Å². The van der Waals surface area contributed by atoms with E-state index in [0.29, 0.717) is 6.04 Å². The Morgan fingerprint density at radius 1 is 1.44 bits per heavy atom. The zero-order valence-corrected chi connectivity index (χ0v) is 11.9. The summed E-state index contributed by atoms with van der Waals surface area (Å²) in [6.07, 6.45) is 4.35. The molecule has 16 heavy (non-hydrogen) atoms. The number of hydrogen-bond donors (Lipinski definition) is 0. The summed E-state index contributed by atoms with van der Waals surface area (Å²) in [6, 6.07) is 2.52. The molecule has 0 radical (unpaired) electrons. The van der Waals surface area contributed by atoms with Crippen molar-refractivity contribution >= 4 is 15.9 Å². The normalized spacial score (nSPS) is 23.6. The first-order valence-electron chi connectivity index (χ1n) is 5.92. The second-order valence-corrected chi connectivity index (χ2v) is 6.32. The van der Waals surface area contributed by atoms with E-state index in [-0.39, 0.29) is 5.54 Å². The van der Waals surface area contributed by atoms with Gasteiger partial charge in [0.15, 0.2) is 0 Å². The molecule has 0 N–H and O–H groups in total. The predicted molar refractivity (Wildman–Crippen MR) is 69.5 cm³/mol. The van der Waals surface area contributed by atoms with Gasteiger partial charge in [0.1, 0.15) is 4.60 Å². The Morgan fingerprint density at radius 2 is 2.19 bits per heavy atom. The van der Waals surface area contributed by atoms with Crippen LogP contribution in [-0.4, -0.2) is 33.3 Å². The predicted octanol–water partition coefficient (Wildman–Crippen LogP) is 3.08. The summed E-state index contributed by atoms with van der Waals surface area (Å²) < 4.78 is 3.20. The van der Waals surface area contributed by atoms with Crippen molar-refractivity contribution in [3.05, 3.63) is 16.9 Å². The van der Waals surface area contributed by atoms with Gasteiger partial charge in [-0.05, 0) is 62.2 Å². The first-order valence-corrected chi connectivity index (χ1v) is 6.72. The summed E-state index contributed by atoms with van der Waals surface area (Å²) in [7, 11) is 0. The van der Waals surface area contributed by atoms with Gasteiger partial charge in [0.05, 0.1) is 12.2 Å². The summed E-state index contributed by atoms with van der Waals surface area (Å²) in [5, 5.41) is 4.40. The maximum Gasteiger partial charge on any atom is 0.104 e. The first-order chi connectivity index (χ1) is 7.48. The fourth-order valence-electron chi connectivity index (χ4n) is 2.33. The van der Waals surface area contributed by atoms with Crippen LogP contribution in [0.4, 0.5) is 0 Å². The topological polar surface area (TPSA) is 21.1 Å². The van der Waals surface area contributed by atoms with Gasteiger partial charge < -0.3 is 0 Å². The molecule has 0 aliphatic carbocycles. The van der Waals surface area contributed by atoms with E-state index in [1.54, 1.807) is 0 Å². The molecule has 1 aliphatic rings. The van der Waals surface area contributed by atoms with Gasteiger partial charge in [-0.15, -0.1) is 0 Å². The summed E-state index contributed by atoms with van der Waals surface area (Å²) in [4.78, 5) is 2.55. The van der Waals surface area contributed by atoms with Gasteiger partial charge in [0, 0.05) is 12.1 Å². The lowest BCUT2D eigenvalue weighted by atomic mass is 9.98. The number of hydrogen-bond acceptors (Lipinski definition) is 2. The lowest BCUT2D eigenvalue weighted by Gasteiger charge is -2.41. The van der Waals surface area contributed by atoms with Crippen molar-refractivity contribution in [3.63, 3.8) is 0 Å². The molecule has 1 aliphatic heterocycles. The summed E-state index contributed by atoms with van der Waals surface area (Å²) in [5.41, 5.74) is 0.262. The van der Waals surface area contributed by atoms with Crippen LogP contribution in [-0.2, 0) is 0 Å². The molecule has 0 saturated carbocycles. The quantitative estimate of drug-likeness (QED) is 0.791. The minimum atomic E-state index is 0.262. The second-order valence-electron chi connectivity index (χ2n) is 5.51. The monoisotopic (exact) mass is 285 g/mol. The van der Waals surface area contributed by atoms with Crippen molar-refractivity contribution in [1.29, 1.82) is 0 Å². The molecule has 1 unspecified atom stereocenters. The highest BCUT2D eigenvalue weighted by Gasteiger charge is 2.29. The van der Waals surface area contributed by atoms with Crippen LogP contribution in [0.2, 0.25) is 0 Å². The molecule has 1 fully saturated rings. The molecule has 1 saturated heterocycles. The van der Waals surface area contributed by atoms with Gasteiger partial charge >= 0.3 is 0 Å². The molecule has 4 heteroatoms. The van der Waals surface area contributed by atoms with Crippen LogP contribution in [0.1, 0.15) is 39.7 Å². The number of rotatable bonds is 1. The second kappa shape index (κ2) is 4.49. The smallest absolute Gasteiger partial charge is 0.104 e. The van der Waals surface area contributed by atoms with Crippen molar-refractivity contribution in [2.75, 3.05) is 13.1 Å². The largest absolute Gasteiger partial charge is 0.296 e. The van der Waals surface area contributed by atoms with Gasteiger partial charge in [-0.3, -0.25) is 9.58 Å². The Labute approximate surface area is 106 Å². The SMILES string of the molecule is CC(C)(C)N1CCCC(n2nccc2Br)C1. The van der Waals surface area contributed by atoms with Crippen LogP contribution in [0.5, 0.6) is 0 Å². The fraction of sp³-hybridized carbons (Fsp3) is 0.750. The van der Waals surface area contributed by atoms with Crippen LogP contribution in [0.25, 0.3) is 0 Å². The van der Waals surface area contributed by atoms with Crippen molar-refractivity contribution in [2.45, 2.75) is 45.2 Å². The van der Waals surface area contributed by atoms with Gasteiger partial charge in [-0.25, -0.2) is 0 Å². The molecule has 2 rings (SSSR count). The highest BCUT2D eigenvalue weighted by atomic mass is 79.9. The molecule has 90 valence electrons. The van der Waals surface area contributed by atoms with Crippen LogP contribution >= 0.6 is 15.9 Å². The zero-order chi connectivity index (χ0) is 11.8. The summed E-state index contributed by atoms with van der Waals surface area (Å²) in [6.45, 7) is 9.16. The van der Waals surface area contributed by atoms with E-state index in [1.807, 2.05) is 12.3 Å². The van der Waals surface area contributed by atoms with Gasteiger partial charge in [-0.2, -0.15) is 5.10 Å². The van der Waals surface area contributed by atoms with Gasteiger partial charge in [-0.1, -0.05) is 0 Å². The van der Waals surface area contributed by atoms with Crippen molar-refractivity contribution in [2.24, 2.45) is 0 Å². The molecule has 0 bridgehead atoms. The van der Waals surface area contributed by atoms with E-state index in [4.69, 9.17) is 0 Å².